The minimum Gasteiger partial charge on any atom is -0.481 e. The number of hydrogen-bond acceptors (Lipinski definition) is 4. The fourth-order valence-corrected chi connectivity index (χ4v) is 7.64. The van der Waals surface area contributed by atoms with E-state index in [0.717, 1.165) is 39.8 Å². The van der Waals surface area contributed by atoms with Crippen molar-refractivity contribution in [2.75, 3.05) is 6.54 Å². The molecule has 2 aromatic carbocycles. The Bertz CT molecular complexity index is 1320. The third-order valence-corrected chi connectivity index (χ3v) is 9.00. The van der Waals surface area contributed by atoms with Crippen molar-refractivity contribution < 1.29 is 23.9 Å². The molecule has 0 saturated heterocycles. The number of furan rings is 1. The van der Waals surface area contributed by atoms with Gasteiger partial charge in [-0.25, -0.2) is 0 Å². The Hall–Kier alpha value is -3.61. The molecule has 0 spiro atoms. The molecule has 4 saturated carbocycles. The van der Waals surface area contributed by atoms with Gasteiger partial charge in [0.2, 0.25) is 5.91 Å². The molecule has 1 aromatic heterocycles. The summed E-state index contributed by atoms with van der Waals surface area (Å²) in [5.74, 6) is 0.681. The van der Waals surface area contributed by atoms with E-state index in [4.69, 9.17) is 4.42 Å². The molecule has 4 bridgehead atoms. The normalized spacial score (nSPS) is 26.3. The van der Waals surface area contributed by atoms with E-state index >= 15 is 0 Å². The van der Waals surface area contributed by atoms with Crippen molar-refractivity contribution in [2.24, 2.45) is 23.2 Å². The molecule has 0 radical (unpaired) electrons. The molecule has 3 aromatic rings. The van der Waals surface area contributed by atoms with Gasteiger partial charge in [0, 0.05) is 23.9 Å². The Kier molecular flexibility index (Phi) is 6.46. The molecule has 0 aliphatic heterocycles. The second-order valence-corrected chi connectivity index (χ2v) is 11.8. The van der Waals surface area contributed by atoms with E-state index in [-0.39, 0.29) is 30.1 Å². The van der Waals surface area contributed by atoms with Gasteiger partial charge in [0.25, 0.3) is 5.91 Å². The molecule has 4 aliphatic carbocycles. The van der Waals surface area contributed by atoms with Crippen LogP contribution in [-0.2, 0) is 9.59 Å². The van der Waals surface area contributed by atoms with E-state index in [2.05, 4.69) is 10.6 Å². The topological polar surface area (TPSA) is 109 Å². The molecule has 2 amide bonds. The zero-order valence-corrected chi connectivity index (χ0v) is 21.4. The van der Waals surface area contributed by atoms with Crippen LogP contribution < -0.4 is 10.6 Å². The smallest absolute Gasteiger partial charge is 0.303 e. The van der Waals surface area contributed by atoms with Crippen LogP contribution in [0.1, 0.15) is 61.7 Å². The third kappa shape index (κ3) is 5.06. The summed E-state index contributed by atoms with van der Waals surface area (Å²) >= 11 is 0. The molecule has 0 unspecified atom stereocenters. The molecule has 4 fully saturated rings. The molecular weight excluding hydrogens is 480 g/mol. The zero-order valence-electron chi connectivity index (χ0n) is 21.4. The van der Waals surface area contributed by atoms with Crippen LogP contribution in [0.3, 0.4) is 0 Å². The van der Waals surface area contributed by atoms with Gasteiger partial charge in [-0.3, -0.25) is 14.4 Å². The minimum absolute atomic E-state index is 0.0522. The largest absolute Gasteiger partial charge is 0.481 e. The lowest BCUT2D eigenvalue weighted by Gasteiger charge is -2.57. The van der Waals surface area contributed by atoms with E-state index in [0.29, 0.717) is 12.1 Å². The number of aliphatic carboxylic acids is 1. The summed E-state index contributed by atoms with van der Waals surface area (Å²) in [6, 6.07) is 14.1. The lowest BCUT2D eigenvalue weighted by atomic mass is 9.49. The van der Waals surface area contributed by atoms with Crippen LogP contribution in [0.15, 0.2) is 59.2 Å². The number of rotatable bonds is 9. The highest BCUT2D eigenvalue weighted by Gasteiger charge is 2.50. The number of hydrogen-bond donors (Lipinski definition) is 3. The average Bonchev–Trinajstić information content (AvgIpc) is 3.37. The van der Waals surface area contributed by atoms with Crippen molar-refractivity contribution in [1.29, 1.82) is 0 Å². The van der Waals surface area contributed by atoms with Gasteiger partial charge in [0.1, 0.15) is 11.6 Å². The molecule has 1 heterocycles. The molecule has 7 nitrogen and oxygen atoms in total. The number of carbonyl (C=O) groups excluding carboxylic acids is 2. The fraction of sp³-hybridized carbons (Fsp3) is 0.452. The van der Waals surface area contributed by atoms with E-state index in [1.807, 2.05) is 36.4 Å². The van der Waals surface area contributed by atoms with Crippen LogP contribution >= 0.6 is 0 Å². The lowest BCUT2D eigenvalue weighted by molar-refractivity contribution is -0.137. The maximum Gasteiger partial charge on any atom is 0.303 e. The van der Waals surface area contributed by atoms with E-state index in [9.17, 15) is 19.5 Å². The highest BCUT2D eigenvalue weighted by Crippen LogP contribution is 2.59. The monoisotopic (exact) mass is 514 g/mol. The van der Waals surface area contributed by atoms with Crippen LogP contribution in [0, 0.1) is 23.2 Å². The first-order chi connectivity index (χ1) is 18.4. The third-order valence-electron chi connectivity index (χ3n) is 9.00. The summed E-state index contributed by atoms with van der Waals surface area (Å²) in [6.07, 6.45) is 9.04. The van der Waals surface area contributed by atoms with Crippen LogP contribution in [0.25, 0.3) is 22.1 Å². The number of fused-ring (bicyclic) bond motifs is 1. The van der Waals surface area contributed by atoms with Crippen molar-refractivity contribution in [2.45, 2.75) is 57.4 Å². The van der Waals surface area contributed by atoms with Crippen LogP contribution in [0.4, 0.5) is 0 Å². The van der Waals surface area contributed by atoms with Crippen molar-refractivity contribution in [3.63, 3.8) is 0 Å². The lowest BCUT2D eigenvalue weighted by Crippen LogP contribution is -2.54. The summed E-state index contributed by atoms with van der Waals surface area (Å²) in [7, 11) is 0. The Morgan fingerprint density at radius 1 is 0.921 bits per heavy atom. The van der Waals surface area contributed by atoms with Crippen LogP contribution in [0.2, 0.25) is 0 Å². The number of carboxylic acid groups (broad SMARTS) is 1. The van der Waals surface area contributed by atoms with E-state index in [1.54, 1.807) is 18.4 Å². The first-order valence-electron chi connectivity index (χ1n) is 13.7. The molecular formula is C31H34N2O5. The van der Waals surface area contributed by atoms with Crippen molar-refractivity contribution in [3.8, 4) is 11.1 Å². The Labute approximate surface area is 222 Å². The van der Waals surface area contributed by atoms with Gasteiger partial charge in [-0.1, -0.05) is 18.2 Å². The quantitative estimate of drug-likeness (QED) is 0.355. The average molecular weight is 515 g/mol. The number of carboxylic acids is 1. The van der Waals surface area contributed by atoms with Crippen LogP contribution in [-0.4, -0.2) is 35.5 Å². The zero-order chi connectivity index (χ0) is 26.3. The summed E-state index contributed by atoms with van der Waals surface area (Å²) in [5, 5.41) is 16.1. The molecule has 3 N–H and O–H groups in total. The van der Waals surface area contributed by atoms with Gasteiger partial charge in [-0.15, -0.1) is 0 Å². The highest BCUT2D eigenvalue weighted by molar-refractivity contribution is 5.98. The van der Waals surface area contributed by atoms with Gasteiger partial charge < -0.3 is 20.2 Å². The molecule has 38 heavy (non-hydrogen) atoms. The maximum absolute atomic E-state index is 13.2. The van der Waals surface area contributed by atoms with Crippen LogP contribution in [0.5, 0.6) is 0 Å². The SMILES string of the molecule is O=C(O)CC[C@H](NC(=O)c1ccc(-c2ccc3occc3c2)cc1)C(=O)NCC12CC3CC(CC(C3)C1)C2. The van der Waals surface area contributed by atoms with E-state index in [1.165, 1.54) is 38.5 Å². The number of nitrogens with one attached hydrogen (secondary N) is 2. The molecule has 4 aliphatic rings. The maximum atomic E-state index is 13.2. The van der Waals surface area contributed by atoms with Gasteiger partial charge >= 0.3 is 5.97 Å². The van der Waals surface area contributed by atoms with Gasteiger partial charge in [-0.2, -0.15) is 0 Å². The summed E-state index contributed by atoms with van der Waals surface area (Å²) in [4.78, 5) is 37.5. The fourth-order valence-electron chi connectivity index (χ4n) is 7.64. The number of amides is 2. The van der Waals surface area contributed by atoms with Gasteiger partial charge in [0.15, 0.2) is 0 Å². The Morgan fingerprint density at radius 3 is 2.24 bits per heavy atom. The van der Waals surface area contributed by atoms with E-state index < -0.39 is 12.0 Å². The first kappa shape index (κ1) is 24.7. The van der Waals surface area contributed by atoms with Crippen molar-refractivity contribution >= 4 is 28.8 Å². The second-order valence-electron chi connectivity index (χ2n) is 11.8. The van der Waals surface area contributed by atoms with Gasteiger partial charge in [-0.05, 0) is 110 Å². The summed E-state index contributed by atoms with van der Waals surface area (Å²) < 4.78 is 5.41. The Morgan fingerprint density at radius 2 is 1.58 bits per heavy atom. The summed E-state index contributed by atoms with van der Waals surface area (Å²) in [6.45, 7) is 0.616. The molecule has 198 valence electrons. The summed E-state index contributed by atoms with van der Waals surface area (Å²) in [5.41, 5.74) is 3.38. The predicted molar refractivity (Wildman–Crippen MR) is 143 cm³/mol. The van der Waals surface area contributed by atoms with Crippen molar-refractivity contribution in [3.05, 3.63) is 60.4 Å². The number of carbonyl (C=O) groups is 3. The molecule has 1 atom stereocenters. The Balaban J connectivity index is 1.11. The van der Waals surface area contributed by atoms with Gasteiger partial charge in [0.05, 0.1) is 6.26 Å². The molecule has 7 rings (SSSR count). The second kappa shape index (κ2) is 9.93. The predicted octanol–water partition coefficient (Wildman–Crippen LogP) is 5.40. The minimum atomic E-state index is -0.989. The highest BCUT2D eigenvalue weighted by atomic mass is 16.4. The van der Waals surface area contributed by atoms with Crippen molar-refractivity contribution in [1.82, 2.24) is 10.6 Å². The first-order valence-corrected chi connectivity index (χ1v) is 13.7. The standard InChI is InChI=1S/C31H34N2O5/c34-28(35)8-6-26(30(37)32-18-31-15-19-11-20(16-31)13-21(12-19)17-31)33-29(36)23-3-1-22(2-4-23)24-5-7-27-25(14-24)9-10-38-27/h1-5,7,9-10,14,19-21,26H,6,8,11-13,15-18H2,(H,32,37)(H,33,36)(H,34,35)/t19?,20?,21?,26-,31?/m0/s1. The number of benzene rings is 2. The molecule has 7 heteroatoms.